The van der Waals surface area contributed by atoms with Crippen LogP contribution in [-0.2, 0) is 23.0 Å². The lowest BCUT2D eigenvalue weighted by Gasteiger charge is -2.26. The Morgan fingerprint density at radius 2 is 1.79 bits per heavy atom. The third-order valence-electron chi connectivity index (χ3n) is 6.22. The highest BCUT2D eigenvalue weighted by atomic mass is 32.2. The zero-order valence-electron chi connectivity index (χ0n) is 18.8. The number of carbonyl (C=O) groups excluding carboxylic acids is 2. The molecule has 0 saturated carbocycles. The molecule has 2 aliphatic rings. The second-order valence-electron chi connectivity index (χ2n) is 8.54. The molecule has 1 fully saturated rings. The van der Waals surface area contributed by atoms with Crippen molar-refractivity contribution in [2.75, 3.05) is 31.5 Å². The molecule has 1 saturated heterocycles. The monoisotopic (exact) mass is 490 g/mol. The van der Waals surface area contributed by atoms with E-state index in [1.165, 1.54) is 39.9 Å². The Morgan fingerprint density at radius 1 is 1.09 bits per heavy atom. The highest BCUT2D eigenvalue weighted by Gasteiger charge is 2.28. The molecule has 0 spiro atoms. The van der Waals surface area contributed by atoms with Gasteiger partial charge in [0.05, 0.1) is 10.5 Å². The minimum Gasteiger partial charge on any atom is -0.365 e. The average Bonchev–Trinajstić information content (AvgIpc) is 3.17. The van der Waals surface area contributed by atoms with Crippen molar-refractivity contribution in [3.63, 3.8) is 0 Å². The molecule has 8 nitrogen and oxygen atoms in total. The normalized spacial score (nSPS) is 17.5. The van der Waals surface area contributed by atoms with Crippen LogP contribution in [-0.4, -0.2) is 55.6 Å². The number of hydrogen-bond donors (Lipinski definition) is 2. The number of sulfonamides is 1. The number of piperidine rings is 1. The Labute approximate surface area is 198 Å². The highest BCUT2D eigenvalue weighted by Crippen LogP contribution is 2.37. The van der Waals surface area contributed by atoms with Gasteiger partial charge in [-0.3, -0.25) is 14.5 Å². The number of nitrogens with one attached hydrogen (secondary N) is 1. The molecule has 2 aromatic rings. The zero-order valence-corrected chi connectivity index (χ0v) is 20.4. The van der Waals surface area contributed by atoms with E-state index in [9.17, 15) is 18.0 Å². The zero-order chi connectivity index (χ0) is 23.6. The number of nitrogens with two attached hydrogens (primary N) is 1. The molecule has 0 atom stereocenters. The van der Waals surface area contributed by atoms with Crippen LogP contribution in [0.4, 0.5) is 5.00 Å². The van der Waals surface area contributed by atoms with Gasteiger partial charge in [0.15, 0.2) is 0 Å². The summed E-state index contributed by atoms with van der Waals surface area (Å²) < 4.78 is 27.2. The summed E-state index contributed by atoms with van der Waals surface area (Å²) in [7, 11) is -3.56. The average molecular weight is 491 g/mol. The lowest BCUT2D eigenvalue weighted by molar-refractivity contribution is 0.1000. The van der Waals surface area contributed by atoms with Crippen molar-refractivity contribution in [1.82, 2.24) is 9.21 Å². The molecule has 1 aromatic heterocycles. The molecule has 0 bridgehead atoms. The van der Waals surface area contributed by atoms with Crippen molar-refractivity contribution < 1.29 is 18.0 Å². The Kier molecular flexibility index (Phi) is 7.18. The van der Waals surface area contributed by atoms with E-state index in [0.717, 1.165) is 62.2 Å². The van der Waals surface area contributed by atoms with Crippen LogP contribution in [0.2, 0.25) is 0 Å². The number of hydrogen-bond acceptors (Lipinski definition) is 6. The van der Waals surface area contributed by atoms with E-state index >= 15 is 0 Å². The number of thiophene rings is 1. The fraction of sp³-hybridized carbons (Fsp3) is 0.478. The first-order valence-electron chi connectivity index (χ1n) is 11.4. The van der Waals surface area contributed by atoms with Gasteiger partial charge in [0.2, 0.25) is 10.0 Å². The number of fused-ring (bicyclic) bond motifs is 1. The van der Waals surface area contributed by atoms with Crippen molar-refractivity contribution in [2.24, 2.45) is 5.73 Å². The second kappa shape index (κ2) is 9.92. The van der Waals surface area contributed by atoms with Crippen LogP contribution < -0.4 is 11.1 Å². The van der Waals surface area contributed by atoms with Gasteiger partial charge >= 0.3 is 0 Å². The van der Waals surface area contributed by atoms with Crippen LogP contribution in [0.25, 0.3) is 0 Å². The van der Waals surface area contributed by atoms with E-state index in [4.69, 9.17) is 5.73 Å². The standard InChI is InChI=1S/C23H30N4O4S2/c1-2-11-26-14-10-18-19(15-26)32-23(20(18)21(24)28)25-22(29)16-6-8-17(9-7-16)33(30,31)27-12-4-3-5-13-27/h6-9H,2-5,10-15H2,1H3,(H2,24,28)(H,25,29). The lowest BCUT2D eigenvalue weighted by atomic mass is 10.0. The van der Waals surface area contributed by atoms with E-state index in [1.54, 1.807) is 0 Å². The number of nitrogens with zero attached hydrogens (tertiary/aromatic N) is 2. The van der Waals surface area contributed by atoms with Gasteiger partial charge in [0, 0.05) is 36.6 Å². The quantitative estimate of drug-likeness (QED) is 0.619. The van der Waals surface area contributed by atoms with Gasteiger partial charge in [0.1, 0.15) is 5.00 Å². The molecule has 3 heterocycles. The summed E-state index contributed by atoms with van der Waals surface area (Å²) in [6.07, 6.45) is 4.55. The van der Waals surface area contributed by atoms with Crippen LogP contribution >= 0.6 is 11.3 Å². The first kappa shape index (κ1) is 23.9. The van der Waals surface area contributed by atoms with Gasteiger partial charge in [0.25, 0.3) is 11.8 Å². The minimum atomic E-state index is -3.56. The molecular weight excluding hydrogens is 460 g/mol. The fourth-order valence-electron chi connectivity index (χ4n) is 4.52. The molecular formula is C23H30N4O4S2. The smallest absolute Gasteiger partial charge is 0.256 e. The van der Waals surface area contributed by atoms with Crippen LogP contribution in [0.15, 0.2) is 29.2 Å². The summed E-state index contributed by atoms with van der Waals surface area (Å²) in [6, 6.07) is 5.95. The van der Waals surface area contributed by atoms with Crippen LogP contribution in [0.3, 0.4) is 0 Å². The van der Waals surface area contributed by atoms with Crippen LogP contribution in [0.1, 0.15) is 63.8 Å². The molecule has 0 aliphatic carbocycles. The van der Waals surface area contributed by atoms with Gasteiger partial charge < -0.3 is 11.1 Å². The number of amides is 2. The highest BCUT2D eigenvalue weighted by molar-refractivity contribution is 7.89. The number of benzene rings is 1. The third kappa shape index (κ3) is 4.98. The van der Waals surface area contributed by atoms with Crippen molar-refractivity contribution in [3.8, 4) is 0 Å². The molecule has 4 rings (SSSR count). The van der Waals surface area contributed by atoms with Crippen molar-refractivity contribution in [2.45, 2.75) is 50.5 Å². The fourth-order valence-corrected chi connectivity index (χ4v) is 7.33. The Morgan fingerprint density at radius 3 is 2.42 bits per heavy atom. The minimum absolute atomic E-state index is 0.182. The lowest BCUT2D eigenvalue weighted by Crippen LogP contribution is -2.35. The SMILES string of the molecule is CCCN1CCc2c(sc(NC(=O)c3ccc(S(=O)(=O)N4CCCCC4)cc3)c2C(N)=O)C1. The molecule has 1 aromatic carbocycles. The second-order valence-corrected chi connectivity index (χ2v) is 11.6. The predicted octanol–water partition coefficient (Wildman–Crippen LogP) is 3.04. The summed E-state index contributed by atoms with van der Waals surface area (Å²) in [5, 5.41) is 3.29. The maximum atomic E-state index is 12.9. The molecule has 10 heteroatoms. The van der Waals surface area contributed by atoms with E-state index in [1.807, 2.05) is 0 Å². The first-order valence-corrected chi connectivity index (χ1v) is 13.6. The van der Waals surface area contributed by atoms with Gasteiger partial charge in [-0.2, -0.15) is 4.31 Å². The Hall–Kier alpha value is -2.27. The van der Waals surface area contributed by atoms with Crippen molar-refractivity contribution >= 4 is 38.2 Å². The number of rotatable bonds is 7. The Balaban J connectivity index is 1.52. The summed E-state index contributed by atoms with van der Waals surface area (Å²) in [6.45, 7) is 5.77. The largest absolute Gasteiger partial charge is 0.365 e. The molecule has 33 heavy (non-hydrogen) atoms. The Bertz CT molecular complexity index is 1140. The first-order chi connectivity index (χ1) is 15.8. The number of anilines is 1. The molecule has 3 N–H and O–H groups in total. The summed E-state index contributed by atoms with van der Waals surface area (Å²) in [5.74, 6) is -0.946. The van der Waals surface area contributed by atoms with E-state index in [0.29, 0.717) is 29.2 Å². The molecule has 2 amide bonds. The topological polar surface area (TPSA) is 113 Å². The molecule has 0 unspecified atom stereocenters. The molecule has 0 radical (unpaired) electrons. The van der Waals surface area contributed by atoms with Gasteiger partial charge in [-0.05, 0) is 62.1 Å². The number of carbonyl (C=O) groups is 2. The predicted molar refractivity (Wildman–Crippen MR) is 129 cm³/mol. The van der Waals surface area contributed by atoms with Crippen molar-refractivity contribution in [3.05, 3.63) is 45.8 Å². The van der Waals surface area contributed by atoms with Gasteiger partial charge in [-0.15, -0.1) is 11.3 Å². The molecule has 178 valence electrons. The number of primary amides is 1. The van der Waals surface area contributed by atoms with E-state index < -0.39 is 21.8 Å². The maximum absolute atomic E-state index is 12.9. The van der Waals surface area contributed by atoms with E-state index in [2.05, 4.69) is 17.1 Å². The summed E-state index contributed by atoms with van der Waals surface area (Å²) in [4.78, 5) is 28.7. The van der Waals surface area contributed by atoms with Gasteiger partial charge in [-0.1, -0.05) is 13.3 Å². The summed E-state index contributed by atoms with van der Waals surface area (Å²) in [5.41, 5.74) is 7.30. The van der Waals surface area contributed by atoms with E-state index in [-0.39, 0.29) is 4.90 Å². The maximum Gasteiger partial charge on any atom is 0.256 e. The van der Waals surface area contributed by atoms with Crippen molar-refractivity contribution in [1.29, 1.82) is 0 Å². The van der Waals surface area contributed by atoms with Gasteiger partial charge in [-0.25, -0.2) is 8.42 Å². The molecule has 2 aliphatic heterocycles. The summed E-state index contributed by atoms with van der Waals surface area (Å²) >= 11 is 1.39. The van der Waals surface area contributed by atoms with Crippen LogP contribution in [0, 0.1) is 0 Å². The third-order valence-corrected chi connectivity index (χ3v) is 9.26. The van der Waals surface area contributed by atoms with Crippen LogP contribution in [0.5, 0.6) is 0 Å².